The molecule has 2 fully saturated rings. The first-order valence-corrected chi connectivity index (χ1v) is 9.27. The molecule has 2 aliphatic carbocycles. The van der Waals surface area contributed by atoms with Gasteiger partial charge in [0.25, 0.3) is 5.91 Å². The van der Waals surface area contributed by atoms with Gasteiger partial charge in [-0.25, -0.2) is 0 Å². The summed E-state index contributed by atoms with van der Waals surface area (Å²) in [6.07, 6.45) is 5.02. The highest BCUT2D eigenvalue weighted by Crippen LogP contribution is 2.49. The Bertz CT molecular complexity index is 689. The van der Waals surface area contributed by atoms with Crippen LogP contribution in [0.5, 0.6) is 0 Å². The smallest absolute Gasteiger partial charge is 0.251 e. The first-order chi connectivity index (χ1) is 12.5. The maximum Gasteiger partial charge on any atom is 0.251 e. The highest BCUT2D eigenvalue weighted by molar-refractivity contribution is 5.82. The van der Waals surface area contributed by atoms with E-state index in [-0.39, 0.29) is 35.8 Å². The number of methoxy groups -OCH3 is 1. The summed E-state index contributed by atoms with van der Waals surface area (Å²) >= 11 is 0. The number of aromatic nitrogens is 2. The summed E-state index contributed by atoms with van der Waals surface area (Å²) in [5, 5.41) is 19.5. The van der Waals surface area contributed by atoms with E-state index in [9.17, 15) is 14.7 Å². The summed E-state index contributed by atoms with van der Waals surface area (Å²) in [4.78, 5) is 26.5. The Hall–Kier alpha value is -1.93. The molecule has 2 amide bonds. The molecule has 2 atom stereocenters. The van der Waals surface area contributed by atoms with Crippen molar-refractivity contribution in [2.75, 3.05) is 26.8 Å². The summed E-state index contributed by atoms with van der Waals surface area (Å²) in [5.74, 6) is -0.0558. The van der Waals surface area contributed by atoms with Crippen LogP contribution in [0.3, 0.4) is 0 Å². The van der Waals surface area contributed by atoms with E-state index in [1.165, 1.54) is 18.4 Å². The summed E-state index contributed by atoms with van der Waals surface area (Å²) in [7, 11) is 1.45. The molecule has 2 unspecified atom stereocenters. The van der Waals surface area contributed by atoms with Crippen LogP contribution < -0.4 is 5.32 Å². The van der Waals surface area contributed by atoms with Crippen molar-refractivity contribution >= 4 is 11.8 Å². The topological polar surface area (TPSA) is 108 Å². The number of hydrogen-bond acceptors (Lipinski definition) is 5. The molecule has 8 heteroatoms. The Morgan fingerprint density at radius 3 is 3.00 bits per heavy atom. The monoisotopic (exact) mass is 362 g/mol. The second-order valence-electron chi connectivity index (χ2n) is 8.09. The van der Waals surface area contributed by atoms with Crippen molar-refractivity contribution in [2.45, 2.75) is 44.2 Å². The lowest BCUT2D eigenvalue weighted by Gasteiger charge is -2.59. The van der Waals surface area contributed by atoms with Gasteiger partial charge in [0.15, 0.2) is 6.10 Å². The molecular formula is C18H26N4O4. The third kappa shape index (κ3) is 3.12. The van der Waals surface area contributed by atoms with Crippen molar-refractivity contribution in [3.05, 3.63) is 17.5 Å². The molecule has 0 aromatic carbocycles. The Labute approximate surface area is 152 Å². The highest BCUT2D eigenvalue weighted by Gasteiger charge is 2.54. The molecule has 8 nitrogen and oxygen atoms in total. The van der Waals surface area contributed by atoms with E-state index in [0.29, 0.717) is 0 Å². The van der Waals surface area contributed by atoms with Gasteiger partial charge in [0.05, 0.1) is 12.8 Å². The average Bonchev–Trinajstić information content (AvgIpc) is 3.02. The first-order valence-electron chi connectivity index (χ1n) is 9.27. The van der Waals surface area contributed by atoms with Gasteiger partial charge in [-0.15, -0.1) is 0 Å². The van der Waals surface area contributed by atoms with Crippen molar-refractivity contribution in [1.82, 2.24) is 20.4 Å². The molecule has 1 aliphatic heterocycles. The number of carbonyl (C=O) groups is 2. The van der Waals surface area contributed by atoms with E-state index in [4.69, 9.17) is 4.74 Å². The van der Waals surface area contributed by atoms with Crippen LogP contribution in [0.15, 0.2) is 6.20 Å². The molecule has 1 saturated heterocycles. The maximum absolute atomic E-state index is 12.7. The molecule has 1 aromatic heterocycles. The lowest BCUT2D eigenvalue weighted by atomic mass is 9.60. The van der Waals surface area contributed by atoms with Crippen LogP contribution in [-0.4, -0.2) is 71.0 Å². The van der Waals surface area contributed by atoms with Crippen molar-refractivity contribution < 1.29 is 19.4 Å². The number of ether oxygens (including phenoxy) is 1. The van der Waals surface area contributed by atoms with Crippen LogP contribution in [0.4, 0.5) is 0 Å². The maximum atomic E-state index is 12.7. The number of aliphatic hydroxyl groups is 1. The molecule has 4 rings (SSSR count). The van der Waals surface area contributed by atoms with E-state index >= 15 is 0 Å². The summed E-state index contributed by atoms with van der Waals surface area (Å²) in [5.41, 5.74) is 2.50. The Kier molecular flexibility index (Phi) is 4.48. The molecular weight excluding hydrogens is 336 g/mol. The van der Waals surface area contributed by atoms with E-state index in [0.717, 1.165) is 45.2 Å². The van der Waals surface area contributed by atoms with Crippen LogP contribution in [-0.2, 0) is 27.2 Å². The number of fused-ring (bicyclic) bond motifs is 1. The highest BCUT2D eigenvalue weighted by atomic mass is 16.5. The predicted octanol–water partition coefficient (Wildman–Crippen LogP) is -0.371. The van der Waals surface area contributed by atoms with E-state index in [1.54, 1.807) is 0 Å². The lowest BCUT2D eigenvalue weighted by Crippen LogP contribution is -2.68. The van der Waals surface area contributed by atoms with Crippen molar-refractivity contribution in [1.29, 1.82) is 0 Å². The minimum Gasteiger partial charge on any atom is -0.381 e. The largest absolute Gasteiger partial charge is 0.381 e. The molecule has 142 valence electrons. The molecule has 1 saturated carbocycles. The first kappa shape index (κ1) is 17.5. The molecule has 0 radical (unpaired) electrons. The van der Waals surface area contributed by atoms with Gasteiger partial charge in [0.2, 0.25) is 5.91 Å². The van der Waals surface area contributed by atoms with E-state index in [2.05, 4.69) is 15.5 Å². The van der Waals surface area contributed by atoms with Gasteiger partial charge in [-0.3, -0.25) is 14.7 Å². The van der Waals surface area contributed by atoms with Gasteiger partial charge in [-0.2, -0.15) is 5.10 Å². The number of carbonyl (C=O) groups excluding carboxylic acids is 2. The standard InChI is InChI=1S/C18H26N4O4/c1-26-8-15(23)16(24)20-13-5-18(6-13)9-22(10-18)17(25)11-2-3-14-12(4-11)7-19-21-14/h7,11,13,15,23H,2-6,8-10H2,1H3,(H,19,21)(H,20,24). The number of H-pyrrole nitrogens is 1. The SMILES string of the molecule is COCC(O)C(=O)NC1CC2(C1)CN(C(=O)C1CCc3[nH]ncc3C1)C2. The van der Waals surface area contributed by atoms with Crippen LogP contribution in [0.2, 0.25) is 0 Å². The molecule has 3 N–H and O–H groups in total. The van der Waals surface area contributed by atoms with Gasteiger partial charge in [-0.1, -0.05) is 0 Å². The zero-order chi connectivity index (χ0) is 18.3. The van der Waals surface area contributed by atoms with Crippen LogP contribution in [0.1, 0.15) is 30.5 Å². The summed E-state index contributed by atoms with van der Waals surface area (Å²) < 4.78 is 4.79. The number of aromatic amines is 1. The molecule has 2 heterocycles. The van der Waals surface area contributed by atoms with Gasteiger partial charge >= 0.3 is 0 Å². The van der Waals surface area contributed by atoms with Crippen molar-refractivity contribution in [3.63, 3.8) is 0 Å². The number of aryl methyl sites for hydroxylation is 1. The second kappa shape index (κ2) is 6.66. The molecule has 0 bridgehead atoms. The number of likely N-dealkylation sites (tertiary alicyclic amines) is 1. The average molecular weight is 362 g/mol. The fourth-order valence-electron chi connectivity index (χ4n) is 4.68. The number of nitrogens with zero attached hydrogens (tertiary/aromatic N) is 2. The number of hydrogen-bond donors (Lipinski definition) is 3. The number of aliphatic hydroxyl groups excluding tert-OH is 1. The molecule has 1 aromatic rings. The van der Waals surface area contributed by atoms with Crippen LogP contribution in [0, 0.1) is 11.3 Å². The van der Waals surface area contributed by atoms with Crippen molar-refractivity contribution in [2.24, 2.45) is 11.3 Å². The third-order valence-corrected chi connectivity index (χ3v) is 6.06. The third-order valence-electron chi connectivity index (χ3n) is 6.06. The second-order valence-corrected chi connectivity index (χ2v) is 8.09. The molecule has 26 heavy (non-hydrogen) atoms. The van der Waals surface area contributed by atoms with Gasteiger partial charge in [-0.05, 0) is 37.7 Å². The van der Waals surface area contributed by atoms with Crippen LogP contribution in [0.25, 0.3) is 0 Å². The number of nitrogens with one attached hydrogen (secondary N) is 2. The number of rotatable bonds is 5. The Balaban J connectivity index is 1.22. The fraction of sp³-hybridized carbons (Fsp3) is 0.722. The van der Waals surface area contributed by atoms with Crippen LogP contribution >= 0.6 is 0 Å². The van der Waals surface area contributed by atoms with Gasteiger partial charge in [0.1, 0.15) is 0 Å². The van der Waals surface area contributed by atoms with E-state index in [1.807, 2.05) is 11.1 Å². The minimum absolute atomic E-state index is 0.00570. The summed E-state index contributed by atoms with van der Waals surface area (Å²) in [6, 6.07) is 0.0921. The van der Waals surface area contributed by atoms with E-state index < -0.39 is 6.10 Å². The number of amides is 2. The predicted molar refractivity (Wildman–Crippen MR) is 92.2 cm³/mol. The Morgan fingerprint density at radius 2 is 2.27 bits per heavy atom. The molecule has 1 spiro atoms. The summed E-state index contributed by atoms with van der Waals surface area (Å²) in [6.45, 7) is 1.58. The van der Waals surface area contributed by atoms with Gasteiger partial charge < -0.3 is 20.1 Å². The normalized spacial score (nSPS) is 25.2. The zero-order valence-corrected chi connectivity index (χ0v) is 15.0. The van der Waals surface area contributed by atoms with Gasteiger partial charge in [0, 0.05) is 43.3 Å². The quantitative estimate of drug-likeness (QED) is 0.662. The van der Waals surface area contributed by atoms with Crippen molar-refractivity contribution in [3.8, 4) is 0 Å². The fourth-order valence-corrected chi connectivity index (χ4v) is 4.68. The zero-order valence-electron chi connectivity index (χ0n) is 15.0. The Morgan fingerprint density at radius 1 is 1.50 bits per heavy atom. The molecule has 3 aliphatic rings. The minimum atomic E-state index is -1.12. The lowest BCUT2D eigenvalue weighted by molar-refractivity contribution is -0.158.